The zero-order valence-electron chi connectivity index (χ0n) is 16.1. The molecule has 0 spiro atoms. The molecule has 3 aromatic carbocycles. The molecule has 0 aliphatic carbocycles. The zero-order chi connectivity index (χ0) is 19.5. The molecule has 28 heavy (non-hydrogen) atoms. The van der Waals surface area contributed by atoms with Gasteiger partial charge in [-0.2, -0.15) is 0 Å². The maximum atomic E-state index is 13.0. The van der Waals surface area contributed by atoms with Gasteiger partial charge in [0.1, 0.15) is 0 Å². The van der Waals surface area contributed by atoms with Crippen LogP contribution < -0.4 is 4.90 Å². The average molecular weight is 369 g/mol. The number of nitrogens with zero attached hydrogens (tertiary/aromatic N) is 1. The fourth-order valence-corrected chi connectivity index (χ4v) is 3.86. The Bertz CT molecular complexity index is 996. The van der Waals surface area contributed by atoms with Gasteiger partial charge in [-0.25, -0.2) is 4.79 Å². The van der Waals surface area contributed by atoms with Crippen molar-refractivity contribution in [1.29, 1.82) is 0 Å². The SMILES string of the molecule is COC(=O)[C@H](c1ccccc1)N1c2ccc(C)cc2C=C[C@@H]1c1ccccc1. The van der Waals surface area contributed by atoms with Crippen molar-refractivity contribution in [2.24, 2.45) is 0 Å². The fourth-order valence-electron chi connectivity index (χ4n) is 3.86. The minimum Gasteiger partial charge on any atom is -0.467 e. The number of aryl methyl sites for hydroxylation is 1. The van der Waals surface area contributed by atoms with Crippen LogP contribution in [0, 0.1) is 6.92 Å². The van der Waals surface area contributed by atoms with Crippen LogP contribution in [0.25, 0.3) is 6.08 Å². The van der Waals surface area contributed by atoms with Crippen LogP contribution in [0.1, 0.15) is 34.3 Å². The molecule has 1 heterocycles. The lowest BCUT2D eigenvalue weighted by molar-refractivity contribution is -0.142. The van der Waals surface area contributed by atoms with Crippen LogP contribution in [-0.2, 0) is 9.53 Å². The second kappa shape index (κ2) is 7.73. The summed E-state index contributed by atoms with van der Waals surface area (Å²) in [7, 11) is 1.45. The van der Waals surface area contributed by atoms with Gasteiger partial charge in [0.25, 0.3) is 0 Å². The van der Waals surface area contributed by atoms with E-state index in [-0.39, 0.29) is 12.0 Å². The molecule has 0 aromatic heterocycles. The predicted molar refractivity (Wildman–Crippen MR) is 113 cm³/mol. The summed E-state index contributed by atoms with van der Waals surface area (Å²) in [5, 5.41) is 0. The number of fused-ring (bicyclic) bond motifs is 1. The summed E-state index contributed by atoms with van der Waals surface area (Å²) in [6.45, 7) is 2.08. The lowest BCUT2D eigenvalue weighted by atomic mass is 9.92. The number of hydrogen-bond donors (Lipinski definition) is 0. The summed E-state index contributed by atoms with van der Waals surface area (Å²) >= 11 is 0. The summed E-state index contributed by atoms with van der Waals surface area (Å²) in [5.74, 6) is -0.269. The molecule has 3 nitrogen and oxygen atoms in total. The highest BCUT2D eigenvalue weighted by Crippen LogP contribution is 2.43. The van der Waals surface area contributed by atoms with Gasteiger partial charge in [0.15, 0.2) is 6.04 Å². The summed E-state index contributed by atoms with van der Waals surface area (Å²) in [4.78, 5) is 15.1. The second-order valence-corrected chi connectivity index (χ2v) is 7.02. The van der Waals surface area contributed by atoms with Crippen molar-refractivity contribution in [2.75, 3.05) is 12.0 Å². The van der Waals surface area contributed by atoms with Crippen molar-refractivity contribution < 1.29 is 9.53 Å². The van der Waals surface area contributed by atoms with Gasteiger partial charge in [-0.15, -0.1) is 0 Å². The molecule has 1 aliphatic heterocycles. The van der Waals surface area contributed by atoms with Gasteiger partial charge in [0.2, 0.25) is 0 Å². The summed E-state index contributed by atoms with van der Waals surface area (Å²) in [6, 6.07) is 25.8. The quantitative estimate of drug-likeness (QED) is 0.570. The first-order valence-corrected chi connectivity index (χ1v) is 9.44. The molecule has 0 saturated carbocycles. The minimum absolute atomic E-state index is 0.0688. The Morgan fingerprint density at radius 1 is 0.964 bits per heavy atom. The van der Waals surface area contributed by atoms with Crippen LogP contribution in [0.5, 0.6) is 0 Å². The number of esters is 1. The molecule has 2 atom stereocenters. The van der Waals surface area contributed by atoms with Crippen molar-refractivity contribution in [1.82, 2.24) is 0 Å². The van der Waals surface area contributed by atoms with Gasteiger partial charge in [-0.3, -0.25) is 0 Å². The number of benzene rings is 3. The van der Waals surface area contributed by atoms with Gasteiger partial charge in [-0.05, 0) is 35.7 Å². The van der Waals surface area contributed by atoms with E-state index in [1.807, 2.05) is 48.5 Å². The van der Waals surface area contributed by atoms with Gasteiger partial charge in [-0.1, -0.05) is 84.4 Å². The number of carbonyl (C=O) groups excluding carboxylic acids is 1. The summed E-state index contributed by atoms with van der Waals surface area (Å²) in [5.41, 5.74) is 5.38. The van der Waals surface area contributed by atoms with E-state index < -0.39 is 6.04 Å². The van der Waals surface area contributed by atoms with Gasteiger partial charge in [0, 0.05) is 5.69 Å². The summed E-state index contributed by atoms with van der Waals surface area (Å²) < 4.78 is 5.24. The maximum absolute atomic E-state index is 13.0. The zero-order valence-corrected chi connectivity index (χ0v) is 16.1. The van der Waals surface area contributed by atoms with Crippen LogP contribution in [0.3, 0.4) is 0 Å². The first-order valence-electron chi connectivity index (χ1n) is 9.44. The Morgan fingerprint density at radius 3 is 2.32 bits per heavy atom. The first kappa shape index (κ1) is 18.1. The molecule has 4 rings (SSSR count). The Labute approximate surface area is 165 Å². The van der Waals surface area contributed by atoms with Crippen molar-refractivity contribution in [3.05, 3.63) is 107 Å². The van der Waals surface area contributed by atoms with Gasteiger partial charge in [0.05, 0.1) is 13.2 Å². The Hall–Kier alpha value is -3.33. The normalized spacial score (nSPS) is 16.4. The standard InChI is InChI=1S/C25H23NO2/c1-18-13-15-23-21(17-18)14-16-22(19-9-5-3-6-10-19)26(23)24(25(27)28-2)20-11-7-4-8-12-20/h3-17,22,24H,1-2H3/t22-,24+/m1/s1. The van der Waals surface area contributed by atoms with Crippen LogP contribution >= 0.6 is 0 Å². The number of anilines is 1. The molecule has 0 unspecified atom stereocenters. The average Bonchev–Trinajstić information content (AvgIpc) is 2.75. The predicted octanol–water partition coefficient (Wildman–Crippen LogP) is 5.48. The highest BCUT2D eigenvalue weighted by molar-refractivity contribution is 5.85. The molecule has 0 saturated heterocycles. The van der Waals surface area contributed by atoms with Crippen LogP contribution in [0.2, 0.25) is 0 Å². The molecule has 0 amide bonds. The molecule has 140 valence electrons. The highest BCUT2D eigenvalue weighted by atomic mass is 16.5. The molecular weight excluding hydrogens is 346 g/mol. The Kier molecular flexibility index (Phi) is 4.98. The number of hydrogen-bond acceptors (Lipinski definition) is 3. The monoisotopic (exact) mass is 369 g/mol. The third kappa shape index (κ3) is 3.31. The number of carbonyl (C=O) groups is 1. The molecule has 3 heteroatoms. The molecular formula is C25H23NO2. The van der Waals surface area contributed by atoms with Gasteiger partial charge < -0.3 is 9.64 Å². The molecule has 3 aromatic rings. The number of rotatable bonds is 4. The summed E-state index contributed by atoms with van der Waals surface area (Å²) in [6.07, 6.45) is 4.31. The van der Waals surface area contributed by atoms with E-state index in [9.17, 15) is 4.79 Å². The van der Waals surface area contributed by atoms with Crippen LogP contribution in [-0.4, -0.2) is 13.1 Å². The maximum Gasteiger partial charge on any atom is 0.333 e. The number of methoxy groups -OCH3 is 1. The third-order valence-corrected chi connectivity index (χ3v) is 5.18. The molecule has 0 N–H and O–H groups in total. The van der Waals surface area contributed by atoms with Crippen molar-refractivity contribution >= 4 is 17.7 Å². The molecule has 0 radical (unpaired) electrons. The van der Waals surface area contributed by atoms with Gasteiger partial charge >= 0.3 is 5.97 Å². The van der Waals surface area contributed by atoms with E-state index >= 15 is 0 Å². The largest absolute Gasteiger partial charge is 0.467 e. The van der Waals surface area contributed by atoms with Crippen LogP contribution in [0.4, 0.5) is 5.69 Å². The van der Waals surface area contributed by atoms with E-state index in [4.69, 9.17) is 4.74 Å². The number of ether oxygens (including phenoxy) is 1. The highest BCUT2D eigenvalue weighted by Gasteiger charge is 2.36. The Balaban J connectivity index is 1.91. The molecule has 1 aliphatic rings. The van der Waals surface area contributed by atoms with E-state index in [1.165, 1.54) is 12.7 Å². The van der Waals surface area contributed by atoms with Crippen molar-refractivity contribution in [3.63, 3.8) is 0 Å². The van der Waals surface area contributed by atoms with E-state index in [0.717, 1.165) is 22.4 Å². The second-order valence-electron chi connectivity index (χ2n) is 7.02. The third-order valence-electron chi connectivity index (χ3n) is 5.18. The first-order chi connectivity index (χ1) is 13.7. The minimum atomic E-state index is -0.539. The van der Waals surface area contributed by atoms with E-state index in [0.29, 0.717) is 0 Å². The topological polar surface area (TPSA) is 29.5 Å². The fraction of sp³-hybridized carbons (Fsp3) is 0.160. The van der Waals surface area contributed by atoms with E-state index in [2.05, 4.69) is 54.3 Å². The van der Waals surface area contributed by atoms with Crippen LogP contribution in [0.15, 0.2) is 84.9 Å². The lowest BCUT2D eigenvalue weighted by Gasteiger charge is -2.40. The van der Waals surface area contributed by atoms with Crippen molar-refractivity contribution in [3.8, 4) is 0 Å². The lowest BCUT2D eigenvalue weighted by Crippen LogP contribution is -2.39. The van der Waals surface area contributed by atoms with Crippen molar-refractivity contribution in [2.45, 2.75) is 19.0 Å². The van der Waals surface area contributed by atoms with E-state index in [1.54, 1.807) is 0 Å². The Morgan fingerprint density at radius 2 is 1.64 bits per heavy atom. The molecule has 0 bridgehead atoms. The smallest absolute Gasteiger partial charge is 0.333 e. The molecule has 0 fully saturated rings.